The average molecular weight is 407 g/mol. The molecule has 0 spiro atoms. The van der Waals surface area contributed by atoms with E-state index in [-0.39, 0.29) is 29.1 Å². The maximum absolute atomic E-state index is 14.5. The molecule has 1 aromatic carbocycles. The third-order valence-corrected chi connectivity index (χ3v) is 5.43. The molecule has 154 valence electrons. The van der Waals surface area contributed by atoms with Crippen molar-refractivity contribution in [1.29, 1.82) is 0 Å². The second-order valence-electron chi connectivity index (χ2n) is 7.44. The Morgan fingerprint density at radius 1 is 1.13 bits per heavy atom. The van der Waals surface area contributed by atoms with Gasteiger partial charge in [0.05, 0.1) is 6.20 Å². The van der Waals surface area contributed by atoms with Crippen molar-refractivity contribution < 1.29 is 9.18 Å². The molecule has 1 amide bonds. The Balaban J connectivity index is 1.57. The summed E-state index contributed by atoms with van der Waals surface area (Å²) in [6.07, 6.45) is 5.78. The minimum absolute atomic E-state index is 0.0862. The number of carbonyl (C=O) groups excluding carboxylic acids is 1. The van der Waals surface area contributed by atoms with Gasteiger partial charge < -0.3 is 11.1 Å². The van der Waals surface area contributed by atoms with Crippen LogP contribution >= 0.6 is 0 Å². The van der Waals surface area contributed by atoms with E-state index < -0.39 is 5.82 Å². The fourth-order valence-electron chi connectivity index (χ4n) is 3.79. The highest BCUT2D eigenvalue weighted by atomic mass is 19.1. The second kappa shape index (κ2) is 8.44. The third-order valence-electron chi connectivity index (χ3n) is 5.43. The Bertz CT molecular complexity index is 1120. The van der Waals surface area contributed by atoms with Crippen molar-refractivity contribution in [1.82, 2.24) is 14.5 Å². The number of carbonyl (C=O) groups is 1. The fraction of sp³-hybridized carbons (Fsp3) is 0.273. The number of nitrogens with zero attached hydrogens (tertiary/aromatic N) is 3. The number of hydrogen-bond acceptors (Lipinski definition) is 5. The molecule has 4 rings (SSSR count). The second-order valence-corrected chi connectivity index (χ2v) is 7.44. The molecule has 0 aliphatic heterocycles. The van der Waals surface area contributed by atoms with E-state index in [2.05, 4.69) is 15.3 Å². The molecule has 2 heterocycles. The van der Waals surface area contributed by atoms with Crippen LogP contribution < -0.4 is 16.6 Å². The number of benzene rings is 1. The number of halogens is 1. The quantitative estimate of drug-likeness (QED) is 0.677. The van der Waals surface area contributed by atoms with Gasteiger partial charge >= 0.3 is 0 Å². The molecule has 7 nitrogen and oxygen atoms in total. The molecule has 8 heteroatoms. The Morgan fingerprint density at radius 3 is 2.67 bits per heavy atom. The van der Waals surface area contributed by atoms with Crippen molar-refractivity contribution >= 4 is 11.9 Å². The molecule has 3 aromatic rings. The molecule has 0 saturated heterocycles. The van der Waals surface area contributed by atoms with Gasteiger partial charge in [0, 0.05) is 35.5 Å². The number of aromatic nitrogens is 3. The zero-order chi connectivity index (χ0) is 21.1. The number of anilines is 1. The van der Waals surface area contributed by atoms with E-state index in [4.69, 9.17) is 5.73 Å². The van der Waals surface area contributed by atoms with Crippen LogP contribution in [0.25, 0.3) is 16.9 Å². The molecule has 30 heavy (non-hydrogen) atoms. The van der Waals surface area contributed by atoms with E-state index in [9.17, 15) is 14.0 Å². The molecular formula is C22H22FN5O2. The van der Waals surface area contributed by atoms with Crippen LogP contribution in [0.15, 0.2) is 59.7 Å². The van der Waals surface area contributed by atoms with Gasteiger partial charge in [0.1, 0.15) is 5.69 Å². The first kappa shape index (κ1) is 19.8. The van der Waals surface area contributed by atoms with E-state index in [0.717, 1.165) is 31.9 Å². The molecule has 1 aliphatic rings. The van der Waals surface area contributed by atoms with Crippen LogP contribution in [0.3, 0.4) is 0 Å². The Kier molecular flexibility index (Phi) is 5.56. The number of hydrogen-bond donors (Lipinski definition) is 2. The van der Waals surface area contributed by atoms with Crippen molar-refractivity contribution in [2.45, 2.75) is 31.7 Å². The van der Waals surface area contributed by atoms with Gasteiger partial charge in [0.25, 0.3) is 5.56 Å². The van der Waals surface area contributed by atoms with E-state index in [1.807, 2.05) is 0 Å². The Hall–Kier alpha value is -3.55. The lowest BCUT2D eigenvalue weighted by atomic mass is 9.86. The highest BCUT2D eigenvalue weighted by Gasteiger charge is 2.25. The van der Waals surface area contributed by atoms with Gasteiger partial charge in [0.15, 0.2) is 5.82 Å². The summed E-state index contributed by atoms with van der Waals surface area (Å²) in [5, 5.41) is 3.24. The Morgan fingerprint density at radius 2 is 1.93 bits per heavy atom. The van der Waals surface area contributed by atoms with Crippen LogP contribution in [0.1, 0.15) is 25.7 Å². The first-order valence-corrected chi connectivity index (χ1v) is 9.88. The van der Waals surface area contributed by atoms with Gasteiger partial charge in [-0.25, -0.2) is 14.4 Å². The van der Waals surface area contributed by atoms with Crippen LogP contribution in [0.5, 0.6) is 0 Å². The smallest absolute Gasteiger partial charge is 0.255 e. The number of pyridine rings is 1. The zero-order valence-corrected chi connectivity index (χ0v) is 16.3. The van der Waals surface area contributed by atoms with Crippen molar-refractivity contribution in [3.63, 3.8) is 0 Å². The zero-order valence-electron chi connectivity index (χ0n) is 16.3. The molecule has 0 radical (unpaired) electrons. The van der Waals surface area contributed by atoms with E-state index in [0.29, 0.717) is 17.2 Å². The summed E-state index contributed by atoms with van der Waals surface area (Å²) in [6.45, 7) is 0. The highest BCUT2D eigenvalue weighted by molar-refractivity contribution is 5.76. The highest BCUT2D eigenvalue weighted by Crippen LogP contribution is 2.27. The number of amides is 1. The molecule has 0 bridgehead atoms. The van der Waals surface area contributed by atoms with Crippen molar-refractivity contribution in [2.75, 3.05) is 5.32 Å². The van der Waals surface area contributed by atoms with Crippen molar-refractivity contribution in [3.8, 4) is 16.9 Å². The molecular weight excluding hydrogens is 385 g/mol. The predicted molar refractivity (Wildman–Crippen MR) is 112 cm³/mol. The fourth-order valence-corrected chi connectivity index (χ4v) is 3.79. The average Bonchev–Trinajstić information content (AvgIpc) is 2.76. The minimum Gasteiger partial charge on any atom is -0.369 e. The molecule has 3 N–H and O–H groups in total. The van der Waals surface area contributed by atoms with Crippen molar-refractivity contribution in [3.05, 3.63) is 71.0 Å². The number of rotatable bonds is 5. The summed E-state index contributed by atoms with van der Waals surface area (Å²) in [5.41, 5.74) is 6.53. The van der Waals surface area contributed by atoms with E-state index >= 15 is 0 Å². The van der Waals surface area contributed by atoms with Gasteiger partial charge in [-0.15, -0.1) is 0 Å². The number of nitrogens with one attached hydrogen (secondary N) is 1. The first-order chi connectivity index (χ1) is 14.5. The van der Waals surface area contributed by atoms with Crippen LogP contribution in [0, 0.1) is 11.7 Å². The first-order valence-electron chi connectivity index (χ1n) is 9.88. The predicted octanol–water partition coefficient (Wildman–Crippen LogP) is 2.89. The standard InChI is InChI=1S/C22H22FN5O2/c23-18-13-25-22(26-16-9-7-14(8-10-16)21(24)30)27-20(18)15-4-3-5-17(12-15)28-11-2-1-6-19(28)29/h1-6,11-14,16H,7-10H2,(H2,24,30)(H,25,26,27). The van der Waals surface area contributed by atoms with Gasteiger partial charge in [-0.3, -0.25) is 14.2 Å². The molecule has 1 aliphatic carbocycles. The lowest BCUT2D eigenvalue weighted by Gasteiger charge is -2.27. The molecule has 0 unspecified atom stereocenters. The normalized spacial score (nSPS) is 18.7. The van der Waals surface area contributed by atoms with E-state index in [1.165, 1.54) is 10.6 Å². The van der Waals surface area contributed by atoms with Crippen LogP contribution in [-0.2, 0) is 4.79 Å². The van der Waals surface area contributed by atoms with Crippen LogP contribution in [0.4, 0.5) is 10.3 Å². The topological polar surface area (TPSA) is 103 Å². The van der Waals surface area contributed by atoms with Crippen LogP contribution in [-0.4, -0.2) is 26.5 Å². The molecule has 1 saturated carbocycles. The third kappa shape index (κ3) is 4.22. The summed E-state index contributed by atoms with van der Waals surface area (Å²) in [7, 11) is 0. The van der Waals surface area contributed by atoms with Gasteiger partial charge in [-0.2, -0.15) is 0 Å². The number of nitrogens with two attached hydrogens (primary N) is 1. The summed E-state index contributed by atoms with van der Waals surface area (Å²) in [4.78, 5) is 31.9. The number of primary amides is 1. The lowest BCUT2D eigenvalue weighted by molar-refractivity contribution is -0.122. The maximum Gasteiger partial charge on any atom is 0.255 e. The maximum atomic E-state index is 14.5. The monoisotopic (exact) mass is 407 g/mol. The van der Waals surface area contributed by atoms with Gasteiger partial charge in [-0.05, 0) is 43.9 Å². The largest absolute Gasteiger partial charge is 0.369 e. The van der Waals surface area contributed by atoms with Crippen molar-refractivity contribution in [2.24, 2.45) is 11.7 Å². The lowest BCUT2D eigenvalue weighted by Crippen LogP contribution is -2.32. The Labute approximate surface area is 172 Å². The molecule has 0 atom stereocenters. The van der Waals surface area contributed by atoms with Gasteiger partial charge in [0.2, 0.25) is 11.9 Å². The van der Waals surface area contributed by atoms with Gasteiger partial charge in [-0.1, -0.05) is 18.2 Å². The summed E-state index contributed by atoms with van der Waals surface area (Å²) < 4.78 is 16.0. The molecule has 1 fully saturated rings. The summed E-state index contributed by atoms with van der Waals surface area (Å²) in [6, 6.07) is 12.0. The molecule has 2 aromatic heterocycles. The summed E-state index contributed by atoms with van der Waals surface area (Å²) in [5.74, 6) is -0.560. The van der Waals surface area contributed by atoms with E-state index in [1.54, 1.807) is 42.6 Å². The minimum atomic E-state index is -0.546. The SMILES string of the molecule is NC(=O)C1CCC(Nc2ncc(F)c(-c3cccc(-n4ccccc4=O)c3)n2)CC1. The summed E-state index contributed by atoms with van der Waals surface area (Å²) >= 11 is 0. The van der Waals surface area contributed by atoms with Crippen LogP contribution in [0.2, 0.25) is 0 Å².